The molecule has 26 heavy (non-hydrogen) atoms. The molecule has 4 N–H and O–H groups in total. The van der Waals surface area contributed by atoms with Gasteiger partial charge in [0.05, 0.1) is 17.6 Å². The Balaban J connectivity index is 1.74. The van der Waals surface area contributed by atoms with Crippen LogP contribution in [0.15, 0.2) is 65.6 Å². The van der Waals surface area contributed by atoms with Gasteiger partial charge in [-0.25, -0.2) is 4.79 Å². The van der Waals surface area contributed by atoms with E-state index in [1.54, 1.807) is 24.3 Å². The molecule has 0 spiro atoms. The number of benzene rings is 2. The van der Waals surface area contributed by atoms with Crippen molar-refractivity contribution in [2.24, 2.45) is 5.73 Å². The van der Waals surface area contributed by atoms with E-state index < -0.39 is 11.6 Å². The first kappa shape index (κ1) is 17.5. The largest absolute Gasteiger partial charge is 0.378 e. The molecule has 1 aromatic heterocycles. The predicted octanol–water partition coefficient (Wildman–Crippen LogP) is 2.99. The van der Waals surface area contributed by atoms with Crippen molar-refractivity contribution in [2.45, 2.75) is 6.54 Å². The first-order chi connectivity index (χ1) is 12.5. The first-order valence-corrected chi connectivity index (χ1v) is 8.15. The van der Waals surface area contributed by atoms with Gasteiger partial charge in [0.1, 0.15) is 5.02 Å². The summed E-state index contributed by atoms with van der Waals surface area (Å²) in [5.41, 5.74) is 7.29. The number of para-hydroxylation sites is 1. The highest BCUT2D eigenvalue weighted by atomic mass is 35.5. The predicted molar refractivity (Wildman–Crippen MR) is 102 cm³/mol. The minimum absolute atomic E-state index is 0.0656. The number of aromatic nitrogens is 2. The summed E-state index contributed by atoms with van der Waals surface area (Å²) in [4.78, 5) is 23.2. The third kappa shape index (κ3) is 4.01. The molecular formula is C18H16ClN5O2. The highest BCUT2D eigenvalue weighted by molar-refractivity contribution is 6.32. The van der Waals surface area contributed by atoms with Crippen molar-refractivity contribution in [3.05, 3.63) is 81.7 Å². The van der Waals surface area contributed by atoms with Crippen molar-refractivity contribution >= 4 is 29.0 Å². The molecule has 0 bridgehead atoms. The van der Waals surface area contributed by atoms with Gasteiger partial charge in [-0.3, -0.25) is 4.79 Å². The van der Waals surface area contributed by atoms with E-state index in [-0.39, 0.29) is 5.02 Å². The van der Waals surface area contributed by atoms with E-state index in [1.807, 2.05) is 30.3 Å². The molecule has 0 atom stereocenters. The lowest BCUT2D eigenvalue weighted by Gasteiger charge is -2.11. The van der Waals surface area contributed by atoms with Gasteiger partial charge in [0, 0.05) is 12.2 Å². The Hall–Kier alpha value is -3.32. The summed E-state index contributed by atoms with van der Waals surface area (Å²) in [5, 5.41) is 9.81. The molecule has 8 heteroatoms. The second kappa shape index (κ2) is 7.71. The maximum absolute atomic E-state index is 12.4. The number of urea groups is 1. The Labute approximate surface area is 154 Å². The van der Waals surface area contributed by atoms with E-state index in [4.69, 9.17) is 17.3 Å². The molecule has 0 fully saturated rings. The van der Waals surface area contributed by atoms with Gasteiger partial charge in [-0.15, -0.1) is 0 Å². The summed E-state index contributed by atoms with van der Waals surface area (Å²) in [5.74, 6) is 0. The molecule has 0 aliphatic rings. The van der Waals surface area contributed by atoms with Gasteiger partial charge in [0.25, 0.3) is 5.56 Å². The maximum atomic E-state index is 12.4. The van der Waals surface area contributed by atoms with Gasteiger partial charge in [0.15, 0.2) is 0 Å². The minimum Gasteiger partial charge on any atom is -0.378 e. The lowest BCUT2D eigenvalue weighted by atomic mass is 10.2. The minimum atomic E-state index is -0.618. The van der Waals surface area contributed by atoms with Crippen LogP contribution in [0.4, 0.5) is 16.2 Å². The van der Waals surface area contributed by atoms with Crippen molar-refractivity contribution < 1.29 is 4.79 Å². The lowest BCUT2D eigenvalue weighted by Crippen LogP contribution is -2.22. The van der Waals surface area contributed by atoms with Crippen LogP contribution >= 0.6 is 11.6 Å². The van der Waals surface area contributed by atoms with Crippen LogP contribution < -0.4 is 21.9 Å². The Morgan fingerprint density at radius 2 is 1.81 bits per heavy atom. The fourth-order valence-corrected chi connectivity index (χ4v) is 2.55. The zero-order valence-corrected chi connectivity index (χ0v) is 14.4. The average molecular weight is 370 g/mol. The molecule has 3 aromatic rings. The quantitative estimate of drug-likeness (QED) is 0.643. The van der Waals surface area contributed by atoms with Crippen LogP contribution in [0, 0.1) is 0 Å². The monoisotopic (exact) mass is 369 g/mol. The molecule has 2 aromatic carbocycles. The second-order valence-corrected chi connectivity index (χ2v) is 5.84. The molecule has 0 aliphatic carbocycles. The standard InChI is InChI=1S/C18H16ClN5O2/c19-16-15(11-22-24(17(16)25)14-4-2-1-3-5-14)21-10-12-6-8-13(9-7-12)23-18(20)26/h1-9,11,21H,10H2,(H3,20,23,26). The maximum Gasteiger partial charge on any atom is 0.316 e. The average Bonchev–Trinajstić information content (AvgIpc) is 2.64. The highest BCUT2D eigenvalue weighted by Crippen LogP contribution is 2.18. The van der Waals surface area contributed by atoms with Gasteiger partial charge >= 0.3 is 6.03 Å². The van der Waals surface area contributed by atoms with Gasteiger partial charge in [0.2, 0.25) is 0 Å². The number of primary amides is 1. The van der Waals surface area contributed by atoms with Crippen LogP contribution in [0.25, 0.3) is 5.69 Å². The van der Waals surface area contributed by atoms with Crippen LogP contribution in [-0.2, 0) is 6.54 Å². The first-order valence-electron chi connectivity index (χ1n) is 7.77. The normalized spacial score (nSPS) is 10.3. The molecule has 132 valence electrons. The van der Waals surface area contributed by atoms with Crippen molar-refractivity contribution in [3.63, 3.8) is 0 Å². The Morgan fingerprint density at radius 1 is 1.12 bits per heavy atom. The lowest BCUT2D eigenvalue weighted by molar-refractivity contribution is 0.259. The van der Waals surface area contributed by atoms with Crippen molar-refractivity contribution in [3.8, 4) is 5.69 Å². The number of nitrogens with zero attached hydrogens (tertiary/aromatic N) is 2. The number of nitrogens with one attached hydrogen (secondary N) is 2. The smallest absolute Gasteiger partial charge is 0.316 e. The second-order valence-electron chi connectivity index (χ2n) is 5.46. The molecule has 2 amide bonds. The van der Waals surface area contributed by atoms with Crippen molar-refractivity contribution in [1.29, 1.82) is 0 Å². The van der Waals surface area contributed by atoms with E-state index in [0.29, 0.717) is 23.6 Å². The fraction of sp³-hybridized carbons (Fsp3) is 0.0556. The highest BCUT2D eigenvalue weighted by Gasteiger charge is 2.10. The number of hydrogen-bond acceptors (Lipinski definition) is 4. The van der Waals surface area contributed by atoms with Gasteiger partial charge in [-0.1, -0.05) is 41.9 Å². The SMILES string of the molecule is NC(=O)Nc1ccc(CNc2cnn(-c3ccccc3)c(=O)c2Cl)cc1. The number of anilines is 2. The summed E-state index contributed by atoms with van der Waals surface area (Å²) < 4.78 is 1.25. The molecular weight excluding hydrogens is 354 g/mol. The zero-order chi connectivity index (χ0) is 18.5. The summed E-state index contributed by atoms with van der Waals surface area (Å²) in [7, 11) is 0. The van der Waals surface area contributed by atoms with E-state index in [9.17, 15) is 9.59 Å². The Bertz CT molecular complexity index is 971. The summed E-state index contributed by atoms with van der Waals surface area (Å²) >= 11 is 6.20. The van der Waals surface area contributed by atoms with Gasteiger partial charge in [-0.2, -0.15) is 9.78 Å². The summed E-state index contributed by atoms with van der Waals surface area (Å²) in [6.07, 6.45) is 1.51. The van der Waals surface area contributed by atoms with E-state index in [1.165, 1.54) is 10.9 Å². The van der Waals surface area contributed by atoms with Crippen LogP contribution in [-0.4, -0.2) is 15.8 Å². The number of rotatable bonds is 5. The van der Waals surface area contributed by atoms with E-state index in [2.05, 4.69) is 15.7 Å². The molecule has 0 unspecified atom stereocenters. The summed E-state index contributed by atoms with van der Waals surface area (Å²) in [6.45, 7) is 0.438. The number of amides is 2. The molecule has 1 heterocycles. The number of nitrogens with two attached hydrogens (primary N) is 1. The topological polar surface area (TPSA) is 102 Å². The molecule has 3 rings (SSSR count). The molecule has 0 radical (unpaired) electrons. The van der Waals surface area contributed by atoms with Crippen LogP contribution in [0.5, 0.6) is 0 Å². The van der Waals surface area contributed by atoms with Crippen LogP contribution in [0.2, 0.25) is 5.02 Å². The Morgan fingerprint density at radius 3 is 2.46 bits per heavy atom. The van der Waals surface area contributed by atoms with Crippen LogP contribution in [0.1, 0.15) is 5.56 Å². The Kier molecular flexibility index (Phi) is 5.19. The molecule has 0 saturated carbocycles. The number of carbonyl (C=O) groups is 1. The molecule has 0 aliphatic heterocycles. The third-order valence-electron chi connectivity index (χ3n) is 3.62. The van der Waals surface area contributed by atoms with E-state index >= 15 is 0 Å². The van der Waals surface area contributed by atoms with Gasteiger partial charge < -0.3 is 16.4 Å². The fourth-order valence-electron chi connectivity index (χ4n) is 2.35. The van der Waals surface area contributed by atoms with Gasteiger partial charge in [-0.05, 0) is 29.8 Å². The number of hydrogen-bond donors (Lipinski definition) is 3. The number of carbonyl (C=O) groups excluding carboxylic acids is 1. The molecule has 7 nitrogen and oxygen atoms in total. The number of halogens is 1. The molecule has 0 saturated heterocycles. The summed E-state index contributed by atoms with van der Waals surface area (Å²) in [6, 6.07) is 15.5. The van der Waals surface area contributed by atoms with E-state index in [0.717, 1.165) is 5.56 Å². The zero-order valence-electron chi connectivity index (χ0n) is 13.6. The van der Waals surface area contributed by atoms with Crippen molar-refractivity contribution in [1.82, 2.24) is 9.78 Å². The third-order valence-corrected chi connectivity index (χ3v) is 3.99. The van der Waals surface area contributed by atoms with Crippen molar-refractivity contribution in [2.75, 3.05) is 10.6 Å². The van der Waals surface area contributed by atoms with Crippen LogP contribution in [0.3, 0.4) is 0 Å².